The minimum absolute atomic E-state index is 0.137. The second kappa shape index (κ2) is 6.51. The number of aryl methyl sites for hydroxylation is 3. The lowest BCUT2D eigenvalue weighted by Gasteiger charge is -2.15. The molecule has 130 valence electrons. The summed E-state index contributed by atoms with van der Waals surface area (Å²) in [6.45, 7) is 5.59. The van der Waals surface area contributed by atoms with Crippen LogP contribution in [0.1, 0.15) is 29.8 Å². The van der Waals surface area contributed by atoms with Gasteiger partial charge in [0.1, 0.15) is 6.54 Å². The summed E-state index contributed by atoms with van der Waals surface area (Å²) in [5.41, 5.74) is 3.49. The molecule has 1 atom stereocenters. The van der Waals surface area contributed by atoms with Crippen LogP contribution in [0.15, 0.2) is 35.4 Å². The molecule has 1 amide bonds. The molecule has 1 aromatic carbocycles. The van der Waals surface area contributed by atoms with Gasteiger partial charge < -0.3 is 9.88 Å². The molecule has 2 aromatic heterocycles. The first kappa shape index (κ1) is 16.9. The van der Waals surface area contributed by atoms with Gasteiger partial charge in [-0.05, 0) is 26.3 Å². The number of carbonyl (C=O) groups excluding carboxylic acids is 1. The van der Waals surface area contributed by atoms with Crippen LogP contribution in [0.2, 0.25) is 0 Å². The van der Waals surface area contributed by atoms with Gasteiger partial charge in [0.05, 0.1) is 23.6 Å². The van der Waals surface area contributed by atoms with Gasteiger partial charge in [0.2, 0.25) is 5.91 Å². The Labute approximate surface area is 145 Å². The van der Waals surface area contributed by atoms with Gasteiger partial charge >= 0.3 is 0 Å². The maximum atomic E-state index is 12.5. The molecule has 0 fully saturated rings. The maximum Gasteiger partial charge on any atom is 0.295 e. The number of nitrogens with one attached hydrogen (secondary N) is 1. The molecule has 0 spiro atoms. The highest BCUT2D eigenvalue weighted by Gasteiger charge is 2.15. The summed E-state index contributed by atoms with van der Waals surface area (Å²) in [4.78, 5) is 28.9. The van der Waals surface area contributed by atoms with Gasteiger partial charge in [-0.2, -0.15) is 5.10 Å². The lowest BCUT2D eigenvalue weighted by molar-refractivity contribution is -0.122. The summed E-state index contributed by atoms with van der Waals surface area (Å²) in [7, 11) is 1.81. The van der Waals surface area contributed by atoms with Crippen LogP contribution in [0.3, 0.4) is 0 Å². The third kappa shape index (κ3) is 3.31. The van der Waals surface area contributed by atoms with E-state index in [1.54, 1.807) is 17.8 Å². The van der Waals surface area contributed by atoms with E-state index in [9.17, 15) is 9.59 Å². The number of hydrogen-bond acceptors (Lipinski definition) is 4. The zero-order valence-corrected chi connectivity index (χ0v) is 14.8. The average molecular weight is 339 g/mol. The molecule has 0 aliphatic heterocycles. The average Bonchev–Trinajstić information content (AvgIpc) is 2.95. The Morgan fingerprint density at radius 2 is 1.92 bits per heavy atom. The molecular weight excluding hydrogens is 318 g/mol. The van der Waals surface area contributed by atoms with Crippen LogP contribution in [-0.4, -0.2) is 25.2 Å². The van der Waals surface area contributed by atoms with E-state index in [1.807, 2.05) is 45.2 Å². The van der Waals surface area contributed by atoms with Crippen molar-refractivity contribution >= 4 is 16.9 Å². The summed E-state index contributed by atoms with van der Waals surface area (Å²) < 4.78 is 2.92. The van der Waals surface area contributed by atoms with Gasteiger partial charge in [-0.1, -0.05) is 29.8 Å². The summed E-state index contributed by atoms with van der Waals surface area (Å²) in [6.07, 6.45) is 1.57. The highest BCUT2D eigenvalue weighted by molar-refractivity contribution is 5.78. The first-order chi connectivity index (χ1) is 11.9. The van der Waals surface area contributed by atoms with Crippen molar-refractivity contribution in [1.29, 1.82) is 0 Å². The number of nitrogens with zero attached hydrogens (tertiary/aromatic N) is 4. The third-order valence-corrected chi connectivity index (χ3v) is 4.24. The van der Waals surface area contributed by atoms with Crippen molar-refractivity contribution in [3.05, 3.63) is 57.8 Å². The van der Waals surface area contributed by atoms with Crippen molar-refractivity contribution in [3.63, 3.8) is 0 Å². The number of fused-ring (bicyclic) bond motifs is 1. The van der Waals surface area contributed by atoms with Gasteiger partial charge in [-0.3, -0.25) is 9.59 Å². The molecule has 7 nitrogen and oxygen atoms in total. The van der Waals surface area contributed by atoms with Gasteiger partial charge in [-0.15, -0.1) is 0 Å². The SMILES string of the molecule is Cc1ccc([C@H](C)NC(=O)Cn2nc(C)c3c(ncn3C)c2=O)cc1. The molecule has 25 heavy (non-hydrogen) atoms. The molecular formula is C18H21N5O2. The molecule has 0 aliphatic rings. The van der Waals surface area contributed by atoms with E-state index in [2.05, 4.69) is 15.4 Å². The highest BCUT2D eigenvalue weighted by atomic mass is 16.2. The second-order valence-electron chi connectivity index (χ2n) is 6.30. The van der Waals surface area contributed by atoms with Crippen molar-refractivity contribution in [2.75, 3.05) is 0 Å². The van der Waals surface area contributed by atoms with Gasteiger partial charge in [-0.25, -0.2) is 9.67 Å². The monoisotopic (exact) mass is 339 g/mol. The third-order valence-electron chi connectivity index (χ3n) is 4.24. The quantitative estimate of drug-likeness (QED) is 0.783. The minimum Gasteiger partial charge on any atom is -0.348 e. The van der Waals surface area contributed by atoms with Gasteiger partial charge in [0, 0.05) is 7.05 Å². The predicted molar refractivity (Wildman–Crippen MR) is 95.2 cm³/mol. The lowest BCUT2D eigenvalue weighted by Crippen LogP contribution is -2.35. The van der Waals surface area contributed by atoms with E-state index in [1.165, 1.54) is 4.68 Å². The Morgan fingerprint density at radius 1 is 1.24 bits per heavy atom. The second-order valence-corrected chi connectivity index (χ2v) is 6.30. The molecule has 2 heterocycles. The molecule has 0 bridgehead atoms. The molecule has 0 saturated heterocycles. The number of carbonyl (C=O) groups is 1. The molecule has 1 N–H and O–H groups in total. The van der Waals surface area contributed by atoms with Crippen molar-refractivity contribution in [2.45, 2.75) is 33.4 Å². The summed E-state index contributed by atoms with van der Waals surface area (Å²) >= 11 is 0. The first-order valence-corrected chi connectivity index (χ1v) is 8.11. The molecule has 3 aromatic rings. The molecule has 0 radical (unpaired) electrons. The Kier molecular flexibility index (Phi) is 4.39. The summed E-state index contributed by atoms with van der Waals surface area (Å²) in [5, 5.41) is 7.15. The number of rotatable bonds is 4. The summed E-state index contributed by atoms with van der Waals surface area (Å²) in [6, 6.07) is 7.82. The Balaban J connectivity index is 1.79. The number of imidazole rings is 1. The lowest BCUT2D eigenvalue weighted by atomic mass is 10.1. The Hall–Kier alpha value is -2.96. The molecule has 0 aliphatic carbocycles. The Bertz CT molecular complexity index is 985. The molecule has 0 saturated carbocycles. The Morgan fingerprint density at radius 3 is 2.60 bits per heavy atom. The highest BCUT2D eigenvalue weighted by Crippen LogP contribution is 2.13. The van der Waals surface area contributed by atoms with Crippen molar-refractivity contribution in [3.8, 4) is 0 Å². The van der Waals surface area contributed by atoms with Crippen LogP contribution >= 0.6 is 0 Å². The number of hydrogen-bond donors (Lipinski definition) is 1. The number of amides is 1. The van der Waals surface area contributed by atoms with Crippen molar-refractivity contribution in [1.82, 2.24) is 24.6 Å². The standard InChI is InChI=1S/C18H21N5O2/c1-11-5-7-14(8-6-11)12(2)20-15(24)9-23-18(25)16-17(13(3)21-23)22(4)10-19-16/h5-8,10,12H,9H2,1-4H3,(H,20,24)/t12-/m0/s1. The fourth-order valence-electron chi connectivity index (χ4n) is 2.88. The fraction of sp³-hybridized carbons (Fsp3) is 0.333. The largest absolute Gasteiger partial charge is 0.348 e. The smallest absolute Gasteiger partial charge is 0.295 e. The van der Waals surface area contributed by atoms with Crippen molar-refractivity contribution < 1.29 is 4.79 Å². The van der Waals surface area contributed by atoms with Crippen LogP contribution in [0.4, 0.5) is 0 Å². The predicted octanol–water partition coefficient (Wildman–Crippen LogP) is 1.62. The van der Waals surface area contributed by atoms with Crippen LogP contribution in [0.5, 0.6) is 0 Å². The maximum absolute atomic E-state index is 12.5. The minimum atomic E-state index is -0.362. The molecule has 7 heteroatoms. The molecule has 0 unspecified atom stereocenters. The van der Waals surface area contributed by atoms with Crippen molar-refractivity contribution in [2.24, 2.45) is 7.05 Å². The van der Waals surface area contributed by atoms with E-state index in [0.29, 0.717) is 16.7 Å². The van der Waals surface area contributed by atoms with Crippen LogP contribution in [-0.2, 0) is 18.4 Å². The van der Waals surface area contributed by atoms with Gasteiger partial charge in [0.25, 0.3) is 5.56 Å². The fourth-order valence-corrected chi connectivity index (χ4v) is 2.88. The number of benzene rings is 1. The van der Waals surface area contributed by atoms with Crippen LogP contribution in [0.25, 0.3) is 11.0 Å². The van der Waals surface area contributed by atoms with E-state index >= 15 is 0 Å². The number of aromatic nitrogens is 4. The van der Waals surface area contributed by atoms with E-state index in [0.717, 1.165) is 11.1 Å². The van der Waals surface area contributed by atoms with E-state index in [4.69, 9.17) is 0 Å². The van der Waals surface area contributed by atoms with Crippen LogP contribution in [0, 0.1) is 13.8 Å². The van der Waals surface area contributed by atoms with E-state index in [-0.39, 0.29) is 24.1 Å². The van der Waals surface area contributed by atoms with Crippen LogP contribution < -0.4 is 10.9 Å². The van der Waals surface area contributed by atoms with E-state index < -0.39 is 0 Å². The zero-order valence-electron chi connectivity index (χ0n) is 14.8. The topological polar surface area (TPSA) is 81.8 Å². The van der Waals surface area contributed by atoms with Gasteiger partial charge in [0.15, 0.2) is 5.52 Å². The normalized spacial score (nSPS) is 12.3. The first-order valence-electron chi connectivity index (χ1n) is 8.11. The molecule has 3 rings (SSSR count). The summed E-state index contributed by atoms with van der Waals surface area (Å²) in [5.74, 6) is -0.266. The zero-order chi connectivity index (χ0) is 18.1.